The molecule has 0 aliphatic heterocycles. The number of H-pyrrole nitrogens is 1. The Balaban J connectivity index is 1.80. The van der Waals surface area contributed by atoms with Gasteiger partial charge in [0.05, 0.1) is 17.8 Å². The summed E-state index contributed by atoms with van der Waals surface area (Å²) in [5.41, 5.74) is 2.07. The zero-order valence-corrected chi connectivity index (χ0v) is 15.8. The summed E-state index contributed by atoms with van der Waals surface area (Å²) in [7, 11) is 0. The summed E-state index contributed by atoms with van der Waals surface area (Å²) in [6.45, 7) is 3.91. The third-order valence-electron chi connectivity index (χ3n) is 5.18. The highest BCUT2D eigenvalue weighted by Crippen LogP contribution is 2.31. The van der Waals surface area contributed by atoms with Crippen molar-refractivity contribution in [2.24, 2.45) is 0 Å². The third-order valence-corrected chi connectivity index (χ3v) is 5.18. The minimum atomic E-state index is -0.503. The lowest BCUT2D eigenvalue weighted by molar-refractivity contribution is -0.124. The molecular weight excluding hydrogens is 352 g/mol. The lowest BCUT2D eigenvalue weighted by Gasteiger charge is -2.22. The van der Waals surface area contributed by atoms with Gasteiger partial charge in [-0.05, 0) is 25.0 Å². The van der Waals surface area contributed by atoms with Gasteiger partial charge in [-0.3, -0.25) is 9.59 Å². The SMILES string of the molecule is CCC(C(=O)NC(C)c1ccccc1)n1c2ccccc2c2cn[nH]c(=O)c21. The van der Waals surface area contributed by atoms with Crippen molar-refractivity contribution >= 4 is 27.7 Å². The van der Waals surface area contributed by atoms with Gasteiger partial charge in [0, 0.05) is 10.8 Å². The Bertz CT molecular complexity index is 1190. The molecule has 142 valence electrons. The molecular formula is C22H22N4O2. The zero-order chi connectivity index (χ0) is 19.7. The van der Waals surface area contributed by atoms with E-state index in [1.807, 2.05) is 73.0 Å². The van der Waals surface area contributed by atoms with Gasteiger partial charge in [0.2, 0.25) is 5.91 Å². The molecule has 2 N–H and O–H groups in total. The van der Waals surface area contributed by atoms with E-state index in [4.69, 9.17) is 0 Å². The highest BCUT2D eigenvalue weighted by Gasteiger charge is 2.26. The Morgan fingerprint density at radius 1 is 1.11 bits per heavy atom. The summed E-state index contributed by atoms with van der Waals surface area (Å²) >= 11 is 0. The Morgan fingerprint density at radius 2 is 1.82 bits per heavy atom. The molecule has 6 nitrogen and oxygen atoms in total. The summed E-state index contributed by atoms with van der Waals surface area (Å²) in [5, 5.41) is 11.2. The fourth-order valence-corrected chi connectivity index (χ4v) is 3.80. The van der Waals surface area contributed by atoms with E-state index in [1.54, 1.807) is 6.20 Å². The number of aromatic amines is 1. The lowest BCUT2D eigenvalue weighted by atomic mass is 10.1. The maximum atomic E-state index is 13.2. The molecule has 0 aliphatic carbocycles. The van der Waals surface area contributed by atoms with Crippen LogP contribution in [-0.2, 0) is 4.79 Å². The monoisotopic (exact) mass is 374 g/mol. The second-order valence-corrected chi connectivity index (χ2v) is 6.91. The first kappa shape index (κ1) is 18.0. The van der Waals surface area contributed by atoms with Crippen LogP contribution in [0.5, 0.6) is 0 Å². The summed E-state index contributed by atoms with van der Waals surface area (Å²) in [6.07, 6.45) is 2.20. The molecule has 1 amide bonds. The number of rotatable bonds is 5. The summed E-state index contributed by atoms with van der Waals surface area (Å²) in [4.78, 5) is 25.8. The Hall–Kier alpha value is -3.41. The number of carbonyl (C=O) groups is 1. The van der Waals surface area contributed by atoms with Gasteiger partial charge in [0.15, 0.2) is 0 Å². The van der Waals surface area contributed by atoms with Crippen LogP contribution in [-0.4, -0.2) is 20.7 Å². The second-order valence-electron chi connectivity index (χ2n) is 6.91. The van der Waals surface area contributed by atoms with Gasteiger partial charge in [-0.1, -0.05) is 55.5 Å². The van der Waals surface area contributed by atoms with Crippen LogP contribution in [0.4, 0.5) is 0 Å². The highest BCUT2D eigenvalue weighted by atomic mass is 16.2. The van der Waals surface area contributed by atoms with E-state index in [0.717, 1.165) is 21.9 Å². The molecule has 6 heteroatoms. The predicted octanol–water partition coefficient (Wildman–Crippen LogP) is 3.71. The van der Waals surface area contributed by atoms with Gasteiger partial charge in [-0.25, -0.2) is 5.10 Å². The van der Waals surface area contributed by atoms with Gasteiger partial charge in [-0.2, -0.15) is 5.10 Å². The number of nitrogens with one attached hydrogen (secondary N) is 2. The van der Waals surface area contributed by atoms with E-state index in [9.17, 15) is 9.59 Å². The van der Waals surface area contributed by atoms with E-state index < -0.39 is 6.04 Å². The van der Waals surface area contributed by atoms with E-state index >= 15 is 0 Å². The quantitative estimate of drug-likeness (QED) is 0.559. The van der Waals surface area contributed by atoms with Crippen molar-refractivity contribution < 1.29 is 4.79 Å². The Kier molecular flexibility index (Phi) is 4.69. The van der Waals surface area contributed by atoms with Gasteiger partial charge >= 0.3 is 0 Å². The minimum absolute atomic E-state index is 0.113. The van der Waals surface area contributed by atoms with Crippen LogP contribution in [0.3, 0.4) is 0 Å². The van der Waals surface area contributed by atoms with Crippen molar-refractivity contribution in [1.29, 1.82) is 0 Å². The molecule has 0 fully saturated rings. The molecule has 0 spiro atoms. The predicted molar refractivity (Wildman–Crippen MR) is 110 cm³/mol. The number of hydrogen-bond donors (Lipinski definition) is 2. The summed E-state index contributed by atoms with van der Waals surface area (Å²) in [6, 6.07) is 16.9. The van der Waals surface area contributed by atoms with Crippen LogP contribution in [0, 0.1) is 0 Å². The molecule has 2 atom stereocenters. The van der Waals surface area contributed by atoms with Crippen molar-refractivity contribution in [2.75, 3.05) is 0 Å². The average Bonchev–Trinajstić information content (AvgIpc) is 3.05. The van der Waals surface area contributed by atoms with E-state index in [1.165, 1.54) is 0 Å². The van der Waals surface area contributed by atoms with Gasteiger partial charge in [0.25, 0.3) is 5.56 Å². The highest BCUT2D eigenvalue weighted by molar-refractivity contribution is 6.08. The third kappa shape index (κ3) is 2.97. The smallest absolute Gasteiger partial charge is 0.288 e. The van der Waals surface area contributed by atoms with E-state index in [-0.39, 0.29) is 17.5 Å². The number of nitrogens with zero attached hydrogens (tertiary/aromatic N) is 2. The maximum absolute atomic E-state index is 13.2. The number of aromatic nitrogens is 3. The van der Waals surface area contributed by atoms with Crippen LogP contribution in [0.15, 0.2) is 65.6 Å². The largest absolute Gasteiger partial charge is 0.348 e. The lowest BCUT2D eigenvalue weighted by Crippen LogP contribution is -2.34. The number of fused-ring (bicyclic) bond motifs is 3. The number of para-hydroxylation sites is 1. The first-order valence-electron chi connectivity index (χ1n) is 9.43. The molecule has 2 aromatic heterocycles. The Labute approximate surface area is 162 Å². The van der Waals surface area contributed by atoms with Gasteiger partial charge in [-0.15, -0.1) is 0 Å². The average molecular weight is 374 g/mol. The van der Waals surface area contributed by atoms with Crippen LogP contribution < -0.4 is 10.9 Å². The number of benzene rings is 2. The minimum Gasteiger partial charge on any atom is -0.348 e. The fourth-order valence-electron chi connectivity index (χ4n) is 3.80. The topological polar surface area (TPSA) is 79.8 Å². The van der Waals surface area contributed by atoms with Crippen molar-refractivity contribution in [3.8, 4) is 0 Å². The molecule has 2 unspecified atom stereocenters. The maximum Gasteiger partial charge on any atom is 0.288 e. The standard InChI is InChI=1S/C22H22N4O2/c1-3-18(21(27)24-14(2)15-9-5-4-6-10-15)26-19-12-8-7-11-16(19)17-13-23-25-22(28)20(17)26/h4-14,18H,3H2,1-2H3,(H,24,27)(H,25,28). The summed E-state index contributed by atoms with van der Waals surface area (Å²) in [5.74, 6) is -0.113. The number of amides is 1. The number of carbonyl (C=O) groups excluding carboxylic acids is 1. The first-order valence-corrected chi connectivity index (χ1v) is 9.43. The molecule has 0 saturated heterocycles. The second kappa shape index (κ2) is 7.31. The molecule has 0 bridgehead atoms. The molecule has 2 heterocycles. The zero-order valence-electron chi connectivity index (χ0n) is 15.8. The normalized spacial score (nSPS) is 13.5. The Morgan fingerprint density at radius 3 is 2.57 bits per heavy atom. The van der Waals surface area contributed by atoms with E-state index in [0.29, 0.717) is 11.9 Å². The van der Waals surface area contributed by atoms with Crippen LogP contribution in [0.25, 0.3) is 21.8 Å². The first-order chi connectivity index (χ1) is 13.6. The molecule has 4 aromatic rings. The van der Waals surface area contributed by atoms with Crippen LogP contribution >= 0.6 is 0 Å². The number of hydrogen-bond acceptors (Lipinski definition) is 3. The van der Waals surface area contributed by atoms with Crippen LogP contribution in [0.2, 0.25) is 0 Å². The molecule has 2 aromatic carbocycles. The molecule has 0 aliphatic rings. The molecule has 0 saturated carbocycles. The van der Waals surface area contributed by atoms with Crippen molar-refractivity contribution in [2.45, 2.75) is 32.4 Å². The molecule has 0 radical (unpaired) electrons. The fraction of sp³-hybridized carbons (Fsp3) is 0.227. The van der Waals surface area contributed by atoms with Gasteiger partial charge in [0.1, 0.15) is 11.6 Å². The van der Waals surface area contributed by atoms with Crippen molar-refractivity contribution in [3.63, 3.8) is 0 Å². The summed E-state index contributed by atoms with van der Waals surface area (Å²) < 4.78 is 1.85. The van der Waals surface area contributed by atoms with Crippen molar-refractivity contribution in [3.05, 3.63) is 76.7 Å². The van der Waals surface area contributed by atoms with Crippen LogP contribution in [0.1, 0.15) is 37.9 Å². The van der Waals surface area contributed by atoms with E-state index in [2.05, 4.69) is 15.5 Å². The van der Waals surface area contributed by atoms with Gasteiger partial charge < -0.3 is 9.88 Å². The van der Waals surface area contributed by atoms with Crippen molar-refractivity contribution in [1.82, 2.24) is 20.1 Å². The molecule has 4 rings (SSSR count). The molecule has 28 heavy (non-hydrogen) atoms.